The van der Waals surface area contributed by atoms with Crippen LogP contribution in [0.1, 0.15) is 33.6 Å². The maximum atomic E-state index is 9.02. The third-order valence-electron chi connectivity index (χ3n) is 1.29. The van der Waals surface area contributed by atoms with Crippen LogP contribution in [-0.4, -0.2) is 17.0 Å². The van der Waals surface area contributed by atoms with Gasteiger partial charge in [0.2, 0.25) is 0 Å². The normalized spacial score (nSPS) is 15.1. The van der Waals surface area contributed by atoms with Gasteiger partial charge in [0.1, 0.15) is 0 Å². The Balaban J connectivity index is 3.61. The first-order chi connectivity index (χ1) is 5.20. The van der Waals surface area contributed by atoms with Gasteiger partial charge in [-0.25, -0.2) is 0 Å². The van der Waals surface area contributed by atoms with E-state index in [2.05, 4.69) is 19.9 Å². The summed E-state index contributed by atoms with van der Waals surface area (Å²) in [6.45, 7) is 6.11. The average Bonchev–Trinajstić information content (AvgIpc) is 1.97. The van der Waals surface area contributed by atoms with Gasteiger partial charge in [-0.2, -0.15) is 0 Å². The second kappa shape index (κ2) is 6.74. The summed E-state index contributed by atoms with van der Waals surface area (Å²) in [4.78, 5) is 1.40. The number of rotatable bonds is 5. The van der Waals surface area contributed by atoms with Crippen molar-refractivity contribution in [3.05, 3.63) is 11.0 Å². The van der Waals surface area contributed by atoms with Crippen LogP contribution in [0.2, 0.25) is 0 Å². The first kappa shape index (κ1) is 11.1. The van der Waals surface area contributed by atoms with Crippen molar-refractivity contribution < 1.29 is 5.11 Å². The van der Waals surface area contributed by atoms with Crippen LogP contribution in [0.5, 0.6) is 0 Å². The molecule has 0 bridgehead atoms. The lowest BCUT2D eigenvalue weighted by atomic mass is 10.3. The molecule has 0 rings (SSSR count). The molecule has 0 amide bonds. The molecular weight excluding hydrogens is 156 g/mol. The molecule has 0 radical (unpaired) electrons. The molecule has 1 unspecified atom stereocenters. The summed E-state index contributed by atoms with van der Waals surface area (Å²) >= 11 is 1.77. The fourth-order valence-electron chi connectivity index (χ4n) is 0.761. The number of thioether (sulfide) groups is 1. The molecular formula is C9H18OS. The zero-order valence-corrected chi connectivity index (χ0v) is 8.45. The molecule has 2 heteroatoms. The summed E-state index contributed by atoms with van der Waals surface area (Å²) in [6.07, 6.45) is 4.22. The zero-order chi connectivity index (χ0) is 8.69. The minimum absolute atomic E-state index is 0.188. The molecule has 0 aromatic rings. The van der Waals surface area contributed by atoms with Gasteiger partial charge >= 0.3 is 0 Å². The Kier molecular flexibility index (Phi) is 6.77. The van der Waals surface area contributed by atoms with Crippen LogP contribution in [0.15, 0.2) is 11.0 Å². The van der Waals surface area contributed by atoms with E-state index in [1.54, 1.807) is 11.8 Å². The highest BCUT2D eigenvalue weighted by molar-refractivity contribution is 8.03. The van der Waals surface area contributed by atoms with Gasteiger partial charge in [-0.05, 0) is 24.7 Å². The molecule has 0 spiro atoms. The lowest BCUT2D eigenvalue weighted by Gasteiger charge is -2.05. The van der Waals surface area contributed by atoms with E-state index in [0.29, 0.717) is 0 Å². The first-order valence-electron chi connectivity index (χ1n) is 4.20. The third kappa shape index (κ3) is 6.45. The molecule has 66 valence electrons. The lowest BCUT2D eigenvalue weighted by Crippen LogP contribution is -2.02. The van der Waals surface area contributed by atoms with E-state index >= 15 is 0 Å². The highest BCUT2D eigenvalue weighted by Gasteiger charge is 1.98. The van der Waals surface area contributed by atoms with Crippen LogP contribution in [0.3, 0.4) is 0 Å². The van der Waals surface area contributed by atoms with Gasteiger partial charge in [0.15, 0.2) is 0 Å². The van der Waals surface area contributed by atoms with Crippen LogP contribution in [0.25, 0.3) is 0 Å². The second-order valence-electron chi connectivity index (χ2n) is 2.59. The summed E-state index contributed by atoms with van der Waals surface area (Å²) in [5, 5.41) is 9.02. The van der Waals surface area contributed by atoms with Crippen molar-refractivity contribution in [3.63, 3.8) is 0 Å². The standard InChI is InChI=1S/C9H18OS/c1-4-6-9(5-2)11-7-8(3)10/h6,8,10H,4-5,7H2,1-3H3/b9-6+. The van der Waals surface area contributed by atoms with Gasteiger partial charge in [0, 0.05) is 5.75 Å². The van der Waals surface area contributed by atoms with Gasteiger partial charge < -0.3 is 5.11 Å². The molecule has 0 fully saturated rings. The summed E-state index contributed by atoms with van der Waals surface area (Å²) in [7, 11) is 0. The summed E-state index contributed by atoms with van der Waals surface area (Å²) in [6, 6.07) is 0. The predicted octanol–water partition coefficient (Wildman–Crippen LogP) is 2.80. The largest absolute Gasteiger partial charge is 0.393 e. The number of aliphatic hydroxyl groups is 1. The summed E-state index contributed by atoms with van der Waals surface area (Å²) in [5.41, 5.74) is 0. The fourth-order valence-corrected chi connectivity index (χ4v) is 1.70. The lowest BCUT2D eigenvalue weighted by molar-refractivity contribution is 0.220. The van der Waals surface area contributed by atoms with Crippen LogP contribution in [-0.2, 0) is 0 Å². The minimum atomic E-state index is -0.188. The maximum Gasteiger partial charge on any atom is 0.0605 e. The average molecular weight is 174 g/mol. The second-order valence-corrected chi connectivity index (χ2v) is 3.74. The Morgan fingerprint density at radius 1 is 1.55 bits per heavy atom. The van der Waals surface area contributed by atoms with E-state index in [4.69, 9.17) is 5.11 Å². The van der Waals surface area contributed by atoms with Gasteiger partial charge in [-0.15, -0.1) is 11.8 Å². The van der Waals surface area contributed by atoms with Crippen LogP contribution < -0.4 is 0 Å². The first-order valence-corrected chi connectivity index (χ1v) is 5.19. The van der Waals surface area contributed by atoms with Crippen molar-refractivity contribution in [2.45, 2.75) is 39.7 Å². The Hall–Kier alpha value is 0.0500. The molecule has 0 saturated heterocycles. The van der Waals surface area contributed by atoms with Gasteiger partial charge in [0.05, 0.1) is 6.10 Å². The zero-order valence-electron chi connectivity index (χ0n) is 7.63. The van der Waals surface area contributed by atoms with Crippen molar-refractivity contribution in [1.82, 2.24) is 0 Å². The monoisotopic (exact) mass is 174 g/mol. The molecule has 0 aliphatic rings. The van der Waals surface area contributed by atoms with Gasteiger partial charge in [0.25, 0.3) is 0 Å². The molecule has 1 nitrogen and oxygen atoms in total. The molecule has 1 N–H and O–H groups in total. The summed E-state index contributed by atoms with van der Waals surface area (Å²) in [5.74, 6) is 0.819. The molecule has 1 atom stereocenters. The predicted molar refractivity (Wildman–Crippen MR) is 52.8 cm³/mol. The maximum absolute atomic E-state index is 9.02. The SMILES string of the molecule is CC/C=C(\CC)SCC(C)O. The quantitative estimate of drug-likeness (QED) is 0.691. The Morgan fingerprint density at radius 3 is 2.55 bits per heavy atom. The Labute approximate surface area is 73.9 Å². The third-order valence-corrected chi connectivity index (χ3v) is 2.77. The van der Waals surface area contributed by atoms with Crippen molar-refractivity contribution in [2.24, 2.45) is 0 Å². The molecule has 0 aromatic heterocycles. The minimum Gasteiger partial charge on any atom is -0.393 e. The van der Waals surface area contributed by atoms with E-state index in [9.17, 15) is 0 Å². The smallest absolute Gasteiger partial charge is 0.0605 e. The summed E-state index contributed by atoms with van der Waals surface area (Å²) < 4.78 is 0. The molecule has 11 heavy (non-hydrogen) atoms. The molecule has 0 saturated carbocycles. The fraction of sp³-hybridized carbons (Fsp3) is 0.778. The Morgan fingerprint density at radius 2 is 2.18 bits per heavy atom. The van der Waals surface area contributed by atoms with E-state index in [-0.39, 0.29) is 6.10 Å². The number of aliphatic hydroxyl groups excluding tert-OH is 1. The number of allylic oxidation sites excluding steroid dienone is 2. The van der Waals surface area contributed by atoms with E-state index in [0.717, 1.165) is 18.6 Å². The van der Waals surface area contributed by atoms with Crippen molar-refractivity contribution in [3.8, 4) is 0 Å². The number of hydrogen-bond acceptors (Lipinski definition) is 2. The molecule has 0 aliphatic carbocycles. The van der Waals surface area contributed by atoms with E-state index in [1.165, 1.54) is 4.91 Å². The highest BCUT2D eigenvalue weighted by atomic mass is 32.2. The van der Waals surface area contributed by atoms with Crippen molar-refractivity contribution in [2.75, 3.05) is 5.75 Å². The van der Waals surface area contributed by atoms with Gasteiger partial charge in [-0.1, -0.05) is 19.9 Å². The molecule has 0 aliphatic heterocycles. The Bertz CT molecular complexity index is 119. The van der Waals surface area contributed by atoms with E-state index in [1.807, 2.05) is 6.92 Å². The number of hydrogen-bond donors (Lipinski definition) is 1. The molecule has 0 aromatic carbocycles. The molecule has 0 heterocycles. The van der Waals surface area contributed by atoms with Gasteiger partial charge in [-0.3, -0.25) is 0 Å². The van der Waals surface area contributed by atoms with Crippen LogP contribution in [0.4, 0.5) is 0 Å². The van der Waals surface area contributed by atoms with Crippen molar-refractivity contribution >= 4 is 11.8 Å². The topological polar surface area (TPSA) is 20.2 Å². The van der Waals surface area contributed by atoms with E-state index < -0.39 is 0 Å². The van der Waals surface area contributed by atoms with Crippen LogP contribution in [0, 0.1) is 0 Å². The van der Waals surface area contributed by atoms with Crippen molar-refractivity contribution in [1.29, 1.82) is 0 Å². The highest BCUT2D eigenvalue weighted by Crippen LogP contribution is 2.20. The van der Waals surface area contributed by atoms with Crippen LogP contribution >= 0.6 is 11.8 Å².